The Hall–Kier alpha value is -2.05. The number of nitrogens with zero attached hydrogens (tertiary/aromatic N) is 2. The number of pyridine rings is 1. The molecule has 98 valence electrons. The summed E-state index contributed by atoms with van der Waals surface area (Å²) in [7, 11) is 0. The Morgan fingerprint density at radius 2 is 2.44 bits per heavy atom. The number of aromatic nitrogens is 1. The van der Waals surface area contributed by atoms with Gasteiger partial charge in [-0.1, -0.05) is 0 Å². The Morgan fingerprint density at radius 3 is 3.11 bits per heavy atom. The van der Waals surface area contributed by atoms with E-state index in [9.17, 15) is 9.18 Å². The second kappa shape index (κ2) is 5.07. The summed E-state index contributed by atoms with van der Waals surface area (Å²) in [6.07, 6.45) is 1.02. The van der Waals surface area contributed by atoms with Crippen molar-refractivity contribution in [2.24, 2.45) is 0 Å². The summed E-state index contributed by atoms with van der Waals surface area (Å²) < 4.78 is 13.6. The standard InChI is InChI=1S/C11H15FN4O2/c12-7-2-4-16(6-9(7)15-11(17)18)10-1-3-14-5-8(10)13/h1,3,5,7,9,15H,2,4,6,13H2,(H,17,18)/t7-,9-/m1/s1. The zero-order valence-electron chi connectivity index (χ0n) is 9.71. The maximum atomic E-state index is 13.6. The van der Waals surface area contributed by atoms with Crippen LogP contribution in [0.4, 0.5) is 20.6 Å². The minimum absolute atomic E-state index is 0.266. The molecule has 0 unspecified atom stereocenters. The summed E-state index contributed by atoms with van der Waals surface area (Å²) in [5.41, 5.74) is 7.06. The van der Waals surface area contributed by atoms with Crippen LogP contribution in [0.25, 0.3) is 0 Å². The molecule has 2 atom stereocenters. The smallest absolute Gasteiger partial charge is 0.405 e. The van der Waals surface area contributed by atoms with Crippen LogP contribution >= 0.6 is 0 Å². The first-order valence-electron chi connectivity index (χ1n) is 5.66. The third-order valence-electron chi connectivity index (χ3n) is 3.01. The number of nitrogen functional groups attached to an aromatic ring is 1. The molecule has 1 saturated heterocycles. The molecular formula is C11H15FN4O2. The first-order chi connectivity index (χ1) is 8.58. The summed E-state index contributed by atoms with van der Waals surface area (Å²) in [4.78, 5) is 16.3. The van der Waals surface area contributed by atoms with Gasteiger partial charge in [0.25, 0.3) is 0 Å². The topological polar surface area (TPSA) is 91.5 Å². The predicted octanol–water partition coefficient (Wildman–Crippen LogP) is 0.848. The number of nitrogens with two attached hydrogens (primary N) is 1. The van der Waals surface area contributed by atoms with Crippen LogP contribution in [0.15, 0.2) is 18.5 Å². The highest BCUT2D eigenvalue weighted by atomic mass is 19.1. The summed E-state index contributed by atoms with van der Waals surface area (Å²) >= 11 is 0. The molecular weight excluding hydrogens is 239 g/mol. The molecule has 18 heavy (non-hydrogen) atoms. The predicted molar refractivity (Wildman–Crippen MR) is 65.3 cm³/mol. The lowest BCUT2D eigenvalue weighted by Crippen LogP contribution is -2.53. The fourth-order valence-corrected chi connectivity index (χ4v) is 2.12. The zero-order valence-corrected chi connectivity index (χ0v) is 9.71. The number of alkyl halides is 1. The largest absolute Gasteiger partial charge is 0.465 e. The molecule has 6 nitrogen and oxygen atoms in total. The summed E-state index contributed by atoms with van der Waals surface area (Å²) in [6.45, 7) is 0.773. The zero-order chi connectivity index (χ0) is 13.1. The van der Waals surface area contributed by atoms with Crippen molar-refractivity contribution in [2.45, 2.75) is 18.6 Å². The van der Waals surface area contributed by atoms with Gasteiger partial charge in [-0.05, 0) is 12.5 Å². The van der Waals surface area contributed by atoms with E-state index in [0.29, 0.717) is 12.2 Å². The van der Waals surface area contributed by atoms with Crippen molar-refractivity contribution in [1.29, 1.82) is 0 Å². The number of carboxylic acid groups (broad SMARTS) is 1. The van der Waals surface area contributed by atoms with E-state index in [4.69, 9.17) is 10.8 Å². The van der Waals surface area contributed by atoms with Crippen molar-refractivity contribution in [3.8, 4) is 0 Å². The molecule has 2 heterocycles. The third-order valence-corrected chi connectivity index (χ3v) is 3.01. The highest BCUT2D eigenvalue weighted by Gasteiger charge is 2.31. The van der Waals surface area contributed by atoms with Crippen LogP contribution in [0.2, 0.25) is 0 Å². The number of carbonyl (C=O) groups is 1. The summed E-state index contributed by atoms with van der Waals surface area (Å²) in [6, 6.07) is 1.01. The monoisotopic (exact) mass is 254 g/mol. The Labute approximate surface area is 104 Å². The minimum Gasteiger partial charge on any atom is -0.465 e. The van der Waals surface area contributed by atoms with Gasteiger partial charge in [0.2, 0.25) is 0 Å². The van der Waals surface area contributed by atoms with E-state index < -0.39 is 18.3 Å². The van der Waals surface area contributed by atoms with Crippen LogP contribution in [0.1, 0.15) is 6.42 Å². The van der Waals surface area contributed by atoms with Gasteiger partial charge in [0.1, 0.15) is 6.17 Å². The van der Waals surface area contributed by atoms with Crippen LogP contribution in [-0.2, 0) is 0 Å². The average Bonchev–Trinajstić information content (AvgIpc) is 2.32. The molecule has 0 spiro atoms. The number of hydrogen-bond donors (Lipinski definition) is 3. The molecule has 0 aromatic carbocycles. The van der Waals surface area contributed by atoms with Crippen molar-refractivity contribution in [1.82, 2.24) is 10.3 Å². The van der Waals surface area contributed by atoms with Gasteiger partial charge in [-0.3, -0.25) is 4.98 Å². The van der Waals surface area contributed by atoms with E-state index in [1.54, 1.807) is 12.3 Å². The summed E-state index contributed by atoms with van der Waals surface area (Å²) in [5, 5.41) is 10.9. The van der Waals surface area contributed by atoms with Gasteiger partial charge in [0.05, 0.1) is 23.6 Å². The van der Waals surface area contributed by atoms with E-state index in [0.717, 1.165) is 5.69 Å². The quantitative estimate of drug-likeness (QED) is 0.727. The highest BCUT2D eigenvalue weighted by molar-refractivity contribution is 5.67. The fraction of sp³-hybridized carbons (Fsp3) is 0.455. The van der Waals surface area contributed by atoms with Gasteiger partial charge >= 0.3 is 6.09 Å². The van der Waals surface area contributed by atoms with E-state index in [1.807, 2.05) is 4.90 Å². The van der Waals surface area contributed by atoms with Crippen LogP contribution in [0.5, 0.6) is 0 Å². The molecule has 0 aliphatic carbocycles. The Bertz CT molecular complexity index is 443. The Morgan fingerprint density at radius 1 is 1.67 bits per heavy atom. The minimum atomic E-state index is -1.22. The lowest BCUT2D eigenvalue weighted by Gasteiger charge is -2.36. The SMILES string of the molecule is Nc1cnccc1N1CC[C@@H](F)[C@H](NC(=O)O)C1. The van der Waals surface area contributed by atoms with E-state index in [1.165, 1.54) is 6.20 Å². The number of anilines is 2. The van der Waals surface area contributed by atoms with Crippen LogP contribution < -0.4 is 16.0 Å². The lowest BCUT2D eigenvalue weighted by molar-refractivity contribution is 0.167. The third kappa shape index (κ3) is 2.61. The fourth-order valence-electron chi connectivity index (χ4n) is 2.12. The Kier molecular flexibility index (Phi) is 3.50. The normalized spacial score (nSPS) is 23.7. The van der Waals surface area contributed by atoms with Crippen molar-refractivity contribution in [3.05, 3.63) is 18.5 Å². The second-order valence-corrected chi connectivity index (χ2v) is 4.24. The molecule has 1 aliphatic heterocycles. The number of rotatable bonds is 2. The van der Waals surface area contributed by atoms with E-state index in [2.05, 4.69) is 10.3 Å². The van der Waals surface area contributed by atoms with Crippen molar-refractivity contribution in [2.75, 3.05) is 23.7 Å². The average molecular weight is 254 g/mol. The molecule has 1 aliphatic rings. The van der Waals surface area contributed by atoms with Gasteiger partial charge in [0.15, 0.2) is 0 Å². The molecule has 1 fully saturated rings. The Balaban J connectivity index is 2.12. The maximum Gasteiger partial charge on any atom is 0.405 e. The van der Waals surface area contributed by atoms with Crippen molar-refractivity contribution >= 4 is 17.5 Å². The van der Waals surface area contributed by atoms with Gasteiger partial charge < -0.3 is 21.1 Å². The van der Waals surface area contributed by atoms with Crippen molar-refractivity contribution < 1.29 is 14.3 Å². The van der Waals surface area contributed by atoms with E-state index >= 15 is 0 Å². The molecule has 2 rings (SSSR count). The summed E-state index contributed by atoms with van der Waals surface area (Å²) in [5.74, 6) is 0. The van der Waals surface area contributed by atoms with Crippen LogP contribution in [0, 0.1) is 0 Å². The molecule has 1 aromatic rings. The van der Waals surface area contributed by atoms with Gasteiger partial charge in [-0.25, -0.2) is 9.18 Å². The number of nitrogens with one attached hydrogen (secondary N) is 1. The number of hydrogen-bond acceptors (Lipinski definition) is 4. The van der Waals surface area contributed by atoms with Gasteiger partial charge in [-0.2, -0.15) is 0 Å². The van der Waals surface area contributed by atoms with Gasteiger partial charge in [0, 0.05) is 19.3 Å². The van der Waals surface area contributed by atoms with Crippen LogP contribution in [-0.4, -0.2) is 41.5 Å². The molecule has 1 amide bonds. The van der Waals surface area contributed by atoms with E-state index in [-0.39, 0.29) is 13.0 Å². The van der Waals surface area contributed by atoms with Crippen LogP contribution in [0.3, 0.4) is 0 Å². The molecule has 0 radical (unpaired) electrons. The number of amides is 1. The molecule has 0 saturated carbocycles. The highest BCUT2D eigenvalue weighted by Crippen LogP contribution is 2.26. The first-order valence-corrected chi connectivity index (χ1v) is 5.66. The molecule has 4 N–H and O–H groups in total. The van der Waals surface area contributed by atoms with Gasteiger partial charge in [-0.15, -0.1) is 0 Å². The molecule has 7 heteroatoms. The second-order valence-electron chi connectivity index (χ2n) is 4.24. The molecule has 1 aromatic heterocycles. The van der Waals surface area contributed by atoms with Crippen molar-refractivity contribution in [3.63, 3.8) is 0 Å². The first kappa shape index (κ1) is 12.4. The number of piperidine rings is 1. The molecule has 0 bridgehead atoms. The maximum absolute atomic E-state index is 13.6. The lowest BCUT2D eigenvalue weighted by atomic mass is 10.0. The number of halogens is 1.